The number of nitrogens with two attached hydrogens (primary N) is 1. The van der Waals surface area contributed by atoms with Crippen molar-refractivity contribution in [3.8, 4) is 11.6 Å². The minimum Gasteiger partial charge on any atom is -0.489 e. The van der Waals surface area contributed by atoms with E-state index in [1.807, 2.05) is 0 Å². The van der Waals surface area contributed by atoms with Crippen LogP contribution in [0.3, 0.4) is 0 Å². The Hall–Kier alpha value is -4.19. The van der Waals surface area contributed by atoms with E-state index in [1.54, 1.807) is 66.9 Å². The summed E-state index contributed by atoms with van der Waals surface area (Å²) in [5.74, 6) is 0.0429. The molecule has 0 atom stereocenters. The summed E-state index contributed by atoms with van der Waals surface area (Å²) < 4.78 is 14.9. The Morgan fingerprint density at radius 1 is 1.18 bits per heavy atom. The smallest absolute Gasteiger partial charge is 0.255 e. The van der Waals surface area contributed by atoms with Crippen molar-refractivity contribution in [1.29, 1.82) is 0 Å². The van der Waals surface area contributed by atoms with Crippen LogP contribution in [0.15, 0.2) is 36.8 Å². The number of rotatable bonds is 8. The van der Waals surface area contributed by atoms with E-state index >= 15 is 0 Å². The zero-order valence-electron chi connectivity index (χ0n) is 22.0. The summed E-state index contributed by atoms with van der Waals surface area (Å²) in [5, 5.41) is 22.2. The molecule has 6 rings (SSSR count). The highest BCUT2D eigenvalue weighted by Crippen LogP contribution is 2.56. The second-order valence-electron chi connectivity index (χ2n) is 11.5. The normalized spacial score (nSPS) is 22.5. The lowest BCUT2D eigenvalue weighted by Crippen LogP contribution is -2.58. The van der Waals surface area contributed by atoms with Crippen LogP contribution >= 0.6 is 0 Å². The van der Waals surface area contributed by atoms with Crippen LogP contribution in [-0.4, -0.2) is 65.7 Å². The zero-order valence-corrected chi connectivity index (χ0v) is 22.0. The molecule has 4 N–H and O–H groups in total. The lowest BCUT2D eigenvalue weighted by molar-refractivity contribution is -0.0847. The quantitative estimate of drug-likeness (QED) is 0.310. The van der Waals surface area contributed by atoms with Gasteiger partial charge >= 0.3 is 0 Å². The standard InChI is InChI=1S/C27H31N7O5/c1-26(2,37)14-38-17-4-5-21-20(12-30-34(21)13-17)24(36)31-16-7-27(8-16)9-18(10-27)39-25-19(22(28)35)6-15-11-29-33(3)23(15)32-25/h4-6,11-13,16,18,37H,7-10,14H2,1-3H3,(H2,28,35)(H,31,36)/t16-,18-,27?. The van der Waals surface area contributed by atoms with Crippen LogP contribution in [-0.2, 0) is 7.05 Å². The highest BCUT2D eigenvalue weighted by Gasteiger charge is 2.54. The first-order chi connectivity index (χ1) is 18.5. The van der Waals surface area contributed by atoms with Crippen molar-refractivity contribution in [2.24, 2.45) is 18.2 Å². The number of nitrogens with zero attached hydrogens (tertiary/aromatic N) is 5. The third-order valence-electron chi connectivity index (χ3n) is 7.56. The summed E-state index contributed by atoms with van der Waals surface area (Å²) in [7, 11) is 1.78. The first-order valence-electron chi connectivity index (χ1n) is 12.9. The van der Waals surface area contributed by atoms with Crippen LogP contribution in [0.25, 0.3) is 16.6 Å². The van der Waals surface area contributed by atoms with Gasteiger partial charge in [-0.25, -0.2) is 4.52 Å². The van der Waals surface area contributed by atoms with E-state index in [9.17, 15) is 14.7 Å². The Kier molecular flexibility index (Phi) is 5.75. The molecule has 4 aromatic rings. The number of pyridine rings is 2. The fraction of sp³-hybridized carbons (Fsp3) is 0.444. The van der Waals surface area contributed by atoms with Gasteiger partial charge in [0.05, 0.1) is 35.3 Å². The van der Waals surface area contributed by atoms with Crippen LogP contribution in [0.4, 0.5) is 0 Å². The minimum atomic E-state index is -0.950. The van der Waals surface area contributed by atoms with Gasteiger partial charge < -0.3 is 25.6 Å². The largest absolute Gasteiger partial charge is 0.489 e. The van der Waals surface area contributed by atoms with Crippen molar-refractivity contribution < 1.29 is 24.2 Å². The van der Waals surface area contributed by atoms with Gasteiger partial charge in [0.15, 0.2) is 5.65 Å². The highest BCUT2D eigenvalue weighted by molar-refractivity contribution is 6.01. The number of hydrogen-bond donors (Lipinski definition) is 3. The summed E-state index contributed by atoms with van der Waals surface area (Å²) in [4.78, 5) is 29.5. The second-order valence-corrected chi connectivity index (χ2v) is 11.5. The Bertz CT molecular complexity index is 1590. The number of amides is 2. The lowest BCUT2D eigenvalue weighted by atomic mass is 9.53. The van der Waals surface area contributed by atoms with E-state index in [4.69, 9.17) is 15.2 Å². The van der Waals surface area contributed by atoms with Gasteiger partial charge in [-0.3, -0.25) is 14.3 Å². The van der Waals surface area contributed by atoms with Crippen LogP contribution in [0.2, 0.25) is 0 Å². The molecule has 0 unspecified atom stereocenters. The molecule has 0 radical (unpaired) electrons. The molecule has 2 fully saturated rings. The van der Waals surface area contributed by atoms with Crippen molar-refractivity contribution in [3.63, 3.8) is 0 Å². The zero-order chi connectivity index (χ0) is 27.5. The van der Waals surface area contributed by atoms with Gasteiger partial charge in [0.2, 0.25) is 5.88 Å². The Labute approximate surface area is 224 Å². The van der Waals surface area contributed by atoms with Gasteiger partial charge in [-0.05, 0) is 63.1 Å². The van der Waals surface area contributed by atoms with Gasteiger partial charge in [-0.15, -0.1) is 0 Å². The minimum absolute atomic E-state index is 0.0645. The molecule has 1 spiro atoms. The maximum Gasteiger partial charge on any atom is 0.255 e. The molecule has 2 aliphatic rings. The highest BCUT2D eigenvalue weighted by atomic mass is 16.5. The van der Waals surface area contributed by atoms with Crippen LogP contribution in [0.1, 0.15) is 60.2 Å². The van der Waals surface area contributed by atoms with Gasteiger partial charge in [-0.1, -0.05) is 0 Å². The molecule has 0 bridgehead atoms. The molecule has 0 saturated heterocycles. The number of aryl methyl sites for hydroxylation is 1. The number of hydrogen-bond acceptors (Lipinski definition) is 8. The summed E-state index contributed by atoms with van der Waals surface area (Å²) in [6.07, 6.45) is 8.19. The van der Waals surface area contributed by atoms with Gasteiger partial charge in [0, 0.05) is 18.5 Å². The van der Waals surface area contributed by atoms with Gasteiger partial charge in [0.1, 0.15) is 24.0 Å². The molecule has 39 heavy (non-hydrogen) atoms. The van der Waals surface area contributed by atoms with Gasteiger partial charge in [0.25, 0.3) is 11.8 Å². The maximum absolute atomic E-state index is 13.0. The predicted molar refractivity (Wildman–Crippen MR) is 141 cm³/mol. The molecule has 2 amide bonds. The second kappa shape index (κ2) is 8.94. The predicted octanol–water partition coefficient (Wildman–Crippen LogP) is 1.98. The van der Waals surface area contributed by atoms with Crippen molar-refractivity contribution in [2.75, 3.05) is 6.61 Å². The molecule has 0 aromatic carbocycles. The third-order valence-corrected chi connectivity index (χ3v) is 7.56. The number of aliphatic hydroxyl groups is 1. The fourth-order valence-corrected chi connectivity index (χ4v) is 5.64. The van der Waals surface area contributed by atoms with E-state index in [0.29, 0.717) is 22.5 Å². The molecule has 12 nitrogen and oxygen atoms in total. The molecule has 204 valence electrons. The van der Waals surface area contributed by atoms with Gasteiger partial charge in [-0.2, -0.15) is 15.2 Å². The van der Waals surface area contributed by atoms with Crippen molar-refractivity contribution in [2.45, 2.75) is 57.3 Å². The molecule has 2 saturated carbocycles. The summed E-state index contributed by atoms with van der Waals surface area (Å²) in [6.45, 7) is 3.48. The van der Waals surface area contributed by atoms with E-state index in [0.717, 1.165) is 31.1 Å². The monoisotopic (exact) mass is 533 g/mol. The number of fused-ring (bicyclic) bond motifs is 2. The lowest BCUT2D eigenvalue weighted by Gasteiger charge is -2.57. The average Bonchev–Trinajstić information content (AvgIpc) is 3.42. The van der Waals surface area contributed by atoms with E-state index in [-0.39, 0.29) is 41.5 Å². The van der Waals surface area contributed by atoms with Crippen molar-refractivity contribution in [1.82, 2.24) is 29.7 Å². The SMILES string of the molecule is Cn1ncc2cc(C(N)=O)c(O[C@H]3CC4(C[C@H](NC(=O)c5cnn6cc(OCC(C)(C)O)ccc56)C4)C3)nc21. The Morgan fingerprint density at radius 2 is 1.95 bits per heavy atom. The molecule has 0 aliphatic heterocycles. The fourth-order valence-electron chi connectivity index (χ4n) is 5.64. The van der Waals surface area contributed by atoms with E-state index < -0.39 is 11.5 Å². The molecular formula is C27H31N7O5. The Morgan fingerprint density at radius 3 is 2.67 bits per heavy atom. The number of primary amides is 1. The number of carbonyl (C=O) groups excluding carboxylic acids is 2. The first kappa shape index (κ1) is 25.1. The Balaban J connectivity index is 1.04. The van der Waals surface area contributed by atoms with Crippen molar-refractivity contribution in [3.05, 3.63) is 47.9 Å². The topological polar surface area (TPSA) is 159 Å². The molecule has 2 aliphatic carbocycles. The first-order valence-corrected chi connectivity index (χ1v) is 12.9. The number of aromatic nitrogens is 5. The number of ether oxygens (including phenoxy) is 2. The molecule has 4 heterocycles. The summed E-state index contributed by atoms with van der Waals surface area (Å²) in [6, 6.07) is 5.29. The van der Waals surface area contributed by atoms with E-state index in [2.05, 4.69) is 20.5 Å². The molecular weight excluding hydrogens is 502 g/mol. The van der Waals surface area contributed by atoms with Crippen LogP contribution in [0, 0.1) is 5.41 Å². The number of nitrogens with one attached hydrogen (secondary N) is 1. The average molecular weight is 534 g/mol. The van der Waals surface area contributed by atoms with Crippen LogP contribution in [0.5, 0.6) is 11.6 Å². The third kappa shape index (κ3) is 4.76. The van der Waals surface area contributed by atoms with E-state index in [1.165, 1.54) is 0 Å². The maximum atomic E-state index is 13.0. The van der Waals surface area contributed by atoms with Crippen LogP contribution < -0.4 is 20.5 Å². The summed E-state index contributed by atoms with van der Waals surface area (Å²) in [5.41, 5.74) is 6.79. The number of carbonyl (C=O) groups is 2. The molecule has 12 heteroatoms. The summed E-state index contributed by atoms with van der Waals surface area (Å²) >= 11 is 0. The van der Waals surface area contributed by atoms with Crippen molar-refractivity contribution >= 4 is 28.4 Å². The molecule has 4 aromatic heterocycles.